The van der Waals surface area contributed by atoms with Crippen LogP contribution in [0.4, 0.5) is 0 Å². The summed E-state index contributed by atoms with van der Waals surface area (Å²) in [6.07, 6.45) is 4.30. The number of imidazole rings is 1. The minimum atomic E-state index is -0.229. The first-order valence-electron chi connectivity index (χ1n) is 5.50. The molecule has 2 N–H and O–H groups in total. The van der Waals surface area contributed by atoms with Crippen LogP contribution in [0.3, 0.4) is 0 Å². The third kappa shape index (κ3) is 4.01. The molecule has 0 aliphatic heterocycles. The van der Waals surface area contributed by atoms with Crippen LogP contribution in [0.15, 0.2) is 12.5 Å². The average molecular weight is 211 g/mol. The van der Waals surface area contributed by atoms with E-state index in [0.717, 1.165) is 19.5 Å². The van der Waals surface area contributed by atoms with E-state index < -0.39 is 0 Å². The van der Waals surface area contributed by atoms with Crippen LogP contribution < -0.4 is 5.32 Å². The van der Waals surface area contributed by atoms with E-state index in [-0.39, 0.29) is 6.10 Å². The Hall–Kier alpha value is -0.870. The van der Waals surface area contributed by atoms with E-state index in [0.29, 0.717) is 6.04 Å². The summed E-state index contributed by atoms with van der Waals surface area (Å²) >= 11 is 0. The molecular weight excluding hydrogens is 190 g/mol. The van der Waals surface area contributed by atoms with E-state index in [1.54, 1.807) is 6.92 Å². The van der Waals surface area contributed by atoms with Crippen LogP contribution in [0.2, 0.25) is 0 Å². The Balaban J connectivity index is 2.34. The van der Waals surface area contributed by atoms with Gasteiger partial charge in [-0.05, 0) is 33.7 Å². The molecular formula is C11H21N3O. The highest BCUT2D eigenvalue weighted by molar-refractivity contribution is 4.99. The SMILES string of the molecule is CC(O)CCNCc1cncn1C(C)C. The van der Waals surface area contributed by atoms with E-state index in [2.05, 4.69) is 28.7 Å². The number of aliphatic hydroxyl groups is 1. The van der Waals surface area contributed by atoms with Crippen LogP contribution in [0.25, 0.3) is 0 Å². The molecule has 1 unspecified atom stereocenters. The van der Waals surface area contributed by atoms with Gasteiger partial charge in [-0.2, -0.15) is 0 Å². The molecule has 4 heteroatoms. The highest BCUT2D eigenvalue weighted by atomic mass is 16.3. The monoisotopic (exact) mass is 211 g/mol. The lowest BCUT2D eigenvalue weighted by atomic mass is 10.3. The fraction of sp³-hybridized carbons (Fsp3) is 0.727. The van der Waals surface area contributed by atoms with Gasteiger partial charge < -0.3 is 15.0 Å². The summed E-state index contributed by atoms with van der Waals surface area (Å²) in [5.74, 6) is 0. The van der Waals surface area contributed by atoms with E-state index in [4.69, 9.17) is 5.11 Å². The van der Waals surface area contributed by atoms with E-state index in [1.807, 2.05) is 12.5 Å². The topological polar surface area (TPSA) is 50.1 Å². The van der Waals surface area contributed by atoms with Gasteiger partial charge in [0.05, 0.1) is 18.1 Å². The zero-order valence-corrected chi connectivity index (χ0v) is 9.77. The first-order chi connectivity index (χ1) is 7.11. The second kappa shape index (κ2) is 5.88. The Morgan fingerprint density at radius 2 is 2.20 bits per heavy atom. The van der Waals surface area contributed by atoms with Crippen LogP contribution in [0, 0.1) is 0 Å². The number of nitrogens with zero attached hydrogens (tertiary/aromatic N) is 2. The van der Waals surface area contributed by atoms with Crippen molar-refractivity contribution < 1.29 is 5.11 Å². The fourth-order valence-electron chi connectivity index (χ4n) is 1.46. The van der Waals surface area contributed by atoms with E-state index in [1.165, 1.54) is 5.69 Å². The summed E-state index contributed by atoms with van der Waals surface area (Å²) in [5.41, 5.74) is 1.19. The predicted octanol–water partition coefficient (Wildman–Crippen LogP) is 1.32. The summed E-state index contributed by atoms with van der Waals surface area (Å²) in [7, 11) is 0. The minimum absolute atomic E-state index is 0.229. The Bertz CT molecular complexity index is 281. The molecule has 1 heterocycles. The second-order valence-electron chi connectivity index (χ2n) is 4.20. The van der Waals surface area contributed by atoms with Crippen LogP contribution >= 0.6 is 0 Å². The van der Waals surface area contributed by atoms with Crippen LogP contribution in [0.5, 0.6) is 0 Å². The Kier molecular flexibility index (Phi) is 4.78. The molecule has 1 atom stereocenters. The van der Waals surface area contributed by atoms with Crippen LogP contribution in [-0.2, 0) is 6.54 Å². The molecule has 1 rings (SSSR count). The molecule has 86 valence electrons. The first-order valence-corrected chi connectivity index (χ1v) is 5.50. The molecule has 15 heavy (non-hydrogen) atoms. The zero-order chi connectivity index (χ0) is 11.3. The lowest BCUT2D eigenvalue weighted by Crippen LogP contribution is -2.20. The summed E-state index contributed by atoms with van der Waals surface area (Å²) in [6, 6.07) is 0.445. The molecule has 1 aromatic rings. The maximum atomic E-state index is 9.09. The second-order valence-corrected chi connectivity index (χ2v) is 4.20. The van der Waals surface area contributed by atoms with Crippen molar-refractivity contribution >= 4 is 0 Å². The highest BCUT2D eigenvalue weighted by Gasteiger charge is 2.04. The summed E-state index contributed by atoms with van der Waals surface area (Å²) in [5, 5.41) is 12.4. The van der Waals surface area contributed by atoms with Crippen molar-refractivity contribution in [2.75, 3.05) is 6.54 Å². The summed E-state index contributed by atoms with van der Waals surface area (Å²) < 4.78 is 2.15. The van der Waals surface area contributed by atoms with E-state index >= 15 is 0 Å². The Labute approximate surface area is 91.3 Å². The molecule has 0 saturated heterocycles. The molecule has 0 bridgehead atoms. The van der Waals surface area contributed by atoms with Crippen molar-refractivity contribution in [2.24, 2.45) is 0 Å². The summed E-state index contributed by atoms with van der Waals surface area (Å²) in [4.78, 5) is 4.13. The number of hydrogen-bond acceptors (Lipinski definition) is 3. The van der Waals surface area contributed by atoms with Crippen LogP contribution in [-0.4, -0.2) is 27.3 Å². The summed E-state index contributed by atoms with van der Waals surface area (Å²) in [6.45, 7) is 7.73. The van der Waals surface area contributed by atoms with Gasteiger partial charge in [0.25, 0.3) is 0 Å². The highest BCUT2D eigenvalue weighted by Crippen LogP contribution is 2.08. The molecule has 1 aromatic heterocycles. The van der Waals surface area contributed by atoms with E-state index in [9.17, 15) is 0 Å². The molecule has 0 amide bonds. The van der Waals surface area contributed by atoms with Gasteiger partial charge in [-0.25, -0.2) is 4.98 Å². The third-order valence-corrected chi connectivity index (χ3v) is 2.35. The first kappa shape index (κ1) is 12.2. The van der Waals surface area contributed by atoms with Gasteiger partial charge in [0.15, 0.2) is 0 Å². The Morgan fingerprint density at radius 1 is 1.47 bits per heavy atom. The standard InChI is InChI=1S/C11H21N3O/c1-9(2)14-8-13-7-11(14)6-12-5-4-10(3)15/h7-10,12,15H,4-6H2,1-3H3. The van der Waals surface area contributed by atoms with Crippen molar-refractivity contribution in [1.82, 2.24) is 14.9 Å². The van der Waals surface area contributed by atoms with Gasteiger partial charge in [-0.1, -0.05) is 0 Å². The maximum Gasteiger partial charge on any atom is 0.0951 e. The lowest BCUT2D eigenvalue weighted by Gasteiger charge is -2.12. The smallest absolute Gasteiger partial charge is 0.0951 e. The van der Waals surface area contributed by atoms with Gasteiger partial charge in [0.2, 0.25) is 0 Å². The van der Waals surface area contributed by atoms with Gasteiger partial charge in [-0.15, -0.1) is 0 Å². The number of hydrogen-bond donors (Lipinski definition) is 2. The quantitative estimate of drug-likeness (QED) is 0.698. The lowest BCUT2D eigenvalue weighted by molar-refractivity contribution is 0.183. The molecule has 0 aromatic carbocycles. The molecule has 0 aliphatic carbocycles. The van der Waals surface area contributed by atoms with Crippen molar-refractivity contribution in [3.8, 4) is 0 Å². The molecule has 0 saturated carbocycles. The van der Waals surface area contributed by atoms with Crippen molar-refractivity contribution in [3.05, 3.63) is 18.2 Å². The molecule has 4 nitrogen and oxygen atoms in total. The van der Waals surface area contributed by atoms with Crippen molar-refractivity contribution in [1.29, 1.82) is 0 Å². The maximum absolute atomic E-state index is 9.09. The van der Waals surface area contributed by atoms with Crippen LogP contribution in [0.1, 0.15) is 38.9 Å². The fourth-order valence-corrected chi connectivity index (χ4v) is 1.46. The van der Waals surface area contributed by atoms with Gasteiger partial charge in [0.1, 0.15) is 0 Å². The largest absolute Gasteiger partial charge is 0.393 e. The van der Waals surface area contributed by atoms with Gasteiger partial charge in [0, 0.05) is 18.8 Å². The normalized spacial score (nSPS) is 13.4. The van der Waals surface area contributed by atoms with Crippen molar-refractivity contribution in [2.45, 2.75) is 45.9 Å². The molecule has 0 fully saturated rings. The number of aromatic nitrogens is 2. The Morgan fingerprint density at radius 3 is 2.80 bits per heavy atom. The number of aliphatic hydroxyl groups excluding tert-OH is 1. The molecule has 0 aliphatic rings. The van der Waals surface area contributed by atoms with Crippen molar-refractivity contribution in [3.63, 3.8) is 0 Å². The number of rotatable bonds is 6. The predicted molar refractivity (Wildman–Crippen MR) is 60.6 cm³/mol. The number of nitrogens with one attached hydrogen (secondary N) is 1. The van der Waals surface area contributed by atoms with Gasteiger partial charge in [-0.3, -0.25) is 0 Å². The molecule has 0 radical (unpaired) electrons. The van der Waals surface area contributed by atoms with Gasteiger partial charge >= 0.3 is 0 Å². The third-order valence-electron chi connectivity index (χ3n) is 2.35. The molecule has 0 spiro atoms. The average Bonchev–Trinajstić information content (AvgIpc) is 2.60. The zero-order valence-electron chi connectivity index (χ0n) is 9.77. The minimum Gasteiger partial charge on any atom is -0.393 e.